The second-order valence-electron chi connectivity index (χ2n) is 6.51. The topological polar surface area (TPSA) is 84.9 Å². The van der Waals surface area contributed by atoms with Crippen LogP contribution in [0.1, 0.15) is 13.3 Å². The number of carbonyl (C=O) groups is 3. The van der Waals surface area contributed by atoms with Gasteiger partial charge in [0.25, 0.3) is 5.91 Å². The molecule has 1 aliphatic rings. The van der Waals surface area contributed by atoms with Crippen molar-refractivity contribution in [2.45, 2.75) is 19.4 Å². The number of anilines is 2. The first-order valence-electron chi connectivity index (χ1n) is 8.99. The summed E-state index contributed by atoms with van der Waals surface area (Å²) in [5, 5.41) is 2.69. The zero-order valence-electron chi connectivity index (χ0n) is 15.8. The molecule has 1 fully saturated rings. The molecular weight excluding hydrogens is 360 g/mol. The lowest BCUT2D eigenvalue weighted by atomic mass is 10.1. The number of benzene rings is 2. The minimum absolute atomic E-state index is 0.0317. The monoisotopic (exact) mass is 382 g/mol. The molecule has 2 aromatic rings. The molecule has 28 heavy (non-hydrogen) atoms. The van der Waals surface area contributed by atoms with E-state index < -0.39 is 23.9 Å². The molecule has 0 spiro atoms. The Balaban J connectivity index is 1.60. The summed E-state index contributed by atoms with van der Waals surface area (Å²) in [5.74, 6) is -1.26. The quantitative estimate of drug-likeness (QED) is 0.777. The average Bonchev–Trinajstić information content (AvgIpc) is 3.10. The number of hydrogen-bond donors (Lipinski definition) is 1. The molecule has 2 atom stereocenters. The number of esters is 1. The lowest BCUT2D eigenvalue weighted by molar-refractivity contribution is -0.157. The Bertz CT molecular complexity index is 868. The van der Waals surface area contributed by atoms with Crippen molar-refractivity contribution in [3.63, 3.8) is 0 Å². The number of ether oxygens (including phenoxy) is 2. The Morgan fingerprint density at radius 1 is 1.11 bits per heavy atom. The number of nitrogens with zero attached hydrogens (tertiary/aromatic N) is 1. The number of hydrogen-bond acceptors (Lipinski definition) is 5. The van der Waals surface area contributed by atoms with Gasteiger partial charge in [-0.1, -0.05) is 30.3 Å². The van der Waals surface area contributed by atoms with E-state index in [9.17, 15) is 14.4 Å². The van der Waals surface area contributed by atoms with E-state index in [4.69, 9.17) is 9.47 Å². The highest BCUT2D eigenvalue weighted by Crippen LogP contribution is 2.33. The molecular formula is C21H22N2O5. The molecule has 1 saturated heterocycles. The van der Waals surface area contributed by atoms with Gasteiger partial charge in [0.2, 0.25) is 5.91 Å². The molecule has 0 bridgehead atoms. The van der Waals surface area contributed by atoms with Gasteiger partial charge in [-0.3, -0.25) is 14.4 Å². The minimum atomic E-state index is -0.969. The fourth-order valence-corrected chi connectivity index (χ4v) is 3.04. The highest BCUT2D eigenvalue weighted by atomic mass is 16.5. The Labute approximate surface area is 163 Å². The van der Waals surface area contributed by atoms with Crippen molar-refractivity contribution in [1.82, 2.24) is 0 Å². The van der Waals surface area contributed by atoms with E-state index in [1.54, 1.807) is 42.5 Å². The summed E-state index contributed by atoms with van der Waals surface area (Å²) >= 11 is 0. The maximum absolute atomic E-state index is 12.5. The van der Waals surface area contributed by atoms with Gasteiger partial charge in [-0.2, -0.15) is 0 Å². The summed E-state index contributed by atoms with van der Waals surface area (Å²) in [7, 11) is 1.53. The summed E-state index contributed by atoms with van der Waals surface area (Å²) in [4.78, 5) is 38.6. The second kappa shape index (κ2) is 8.56. The number of amides is 2. The number of para-hydroxylation sites is 3. The molecule has 1 N–H and O–H groups in total. The van der Waals surface area contributed by atoms with Crippen LogP contribution in [0.5, 0.6) is 5.75 Å². The lowest BCUT2D eigenvalue weighted by Gasteiger charge is -2.20. The third kappa shape index (κ3) is 4.31. The summed E-state index contributed by atoms with van der Waals surface area (Å²) in [6.07, 6.45) is -0.938. The SMILES string of the molecule is COc1ccccc1N1C[C@H](C(=O)O[C@@H](C)C(=O)Nc2ccccc2)CC1=O. The molecule has 1 heterocycles. The Morgan fingerprint density at radius 2 is 1.79 bits per heavy atom. The van der Waals surface area contributed by atoms with Crippen LogP contribution in [-0.2, 0) is 19.1 Å². The molecule has 0 unspecified atom stereocenters. The highest BCUT2D eigenvalue weighted by molar-refractivity contribution is 6.01. The van der Waals surface area contributed by atoms with E-state index in [1.807, 2.05) is 12.1 Å². The van der Waals surface area contributed by atoms with Crippen molar-refractivity contribution in [3.8, 4) is 5.75 Å². The van der Waals surface area contributed by atoms with Crippen molar-refractivity contribution in [3.05, 3.63) is 54.6 Å². The zero-order chi connectivity index (χ0) is 20.1. The van der Waals surface area contributed by atoms with Gasteiger partial charge < -0.3 is 19.7 Å². The van der Waals surface area contributed by atoms with E-state index in [-0.39, 0.29) is 18.9 Å². The van der Waals surface area contributed by atoms with Crippen LogP contribution in [0.3, 0.4) is 0 Å². The summed E-state index contributed by atoms with van der Waals surface area (Å²) in [6, 6.07) is 16.0. The Hall–Kier alpha value is -3.35. The van der Waals surface area contributed by atoms with Crippen molar-refractivity contribution in [1.29, 1.82) is 0 Å². The van der Waals surface area contributed by atoms with Crippen molar-refractivity contribution in [2.24, 2.45) is 5.92 Å². The largest absolute Gasteiger partial charge is 0.495 e. The minimum Gasteiger partial charge on any atom is -0.495 e. The Morgan fingerprint density at radius 3 is 2.50 bits per heavy atom. The van der Waals surface area contributed by atoms with E-state index in [2.05, 4.69) is 5.32 Å². The molecule has 7 heteroatoms. The highest BCUT2D eigenvalue weighted by Gasteiger charge is 2.38. The molecule has 2 amide bonds. The fourth-order valence-electron chi connectivity index (χ4n) is 3.04. The van der Waals surface area contributed by atoms with E-state index >= 15 is 0 Å². The average molecular weight is 382 g/mol. The molecule has 3 rings (SSSR count). The molecule has 146 valence electrons. The maximum Gasteiger partial charge on any atom is 0.312 e. The van der Waals surface area contributed by atoms with Crippen LogP contribution in [0.15, 0.2) is 54.6 Å². The number of methoxy groups -OCH3 is 1. The molecule has 2 aromatic carbocycles. The molecule has 1 aliphatic heterocycles. The number of carbonyl (C=O) groups excluding carboxylic acids is 3. The predicted octanol–water partition coefficient (Wildman–Crippen LogP) is 2.62. The van der Waals surface area contributed by atoms with E-state index in [0.717, 1.165) is 0 Å². The van der Waals surface area contributed by atoms with Crippen LogP contribution in [0.2, 0.25) is 0 Å². The van der Waals surface area contributed by atoms with Gasteiger partial charge in [0.1, 0.15) is 5.75 Å². The zero-order valence-corrected chi connectivity index (χ0v) is 15.8. The van der Waals surface area contributed by atoms with Gasteiger partial charge in [0.15, 0.2) is 6.10 Å². The van der Waals surface area contributed by atoms with Crippen molar-refractivity contribution < 1.29 is 23.9 Å². The summed E-state index contributed by atoms with van der Waals surface area (Å²) in [6.45, 7) is 1.69. The van der Waals surface area contributed by atoms with Crippen LogP contribution in [0.4, 0.5) is 11.4 Å². The number of nitrogens with one attached hydrogen (secondary N) is 1. The predicted molar refractivity (Wildman–Crippen MR) is 104 cm³/mol. The fraction of sp³-hybridized carbons (Fsp3) is 0.286. The van der Waals surface area contributed by atoms with Crippen LogP contribution >= 0.6 is 0 Å². The van der Waals surface area contributed by atoms with E-state index in [1.165, 1.54) is 18.9 Å². The van der Waals surface area contributed by atoms with Crippen LogP contribution in [0, 0.1) is 5.92 Å². The van der Waals surface area contributed by atoms with Crippen molar-refractivity contribution >= 4 is 29.2 Å². The smallest absolute Gasteiger partial charge is 0.312 e. The van der Waals surface area contributed by atoms with E-state index in [0.29, 0.717) is 17.1 Å². The molecule has 0 saturated carbocycles. The molecule has 0 aliphatic carbocycles. The third-order valence-corrected chi connectivity index (χ3v) is 4.54. The van der Waals surface area contributed by atoms with Crippen LogP contribution in [-0.4, -0.2) is 37.5 Å². The summed E-state index contributed by atoms with van der Waals surface area (Å²) < 4.78 is 10.6. The molecule has 0 aromatic heterocycles. The molecule has 7 nitrogen and oxygen atoms in total. The second-order valence-corrected chi connectivity index (χ2v) is 6.51. The van der Waals surface area contributed by atoms with Gasteiger partial charge in [0, 0.05) is 18.7 Å². The van der Waals surface area contributed by atoms with Gasteiger partial charge in [-0.25, -0.2) is 0 Å². The van der Waals surface area contributed by atoms with Crippen LogP contribution < -0.4 is 15.0 Å². The normalized spacial score (nSPS) is 17.1. The maximum atomic E-state index is 12.5. The van der Waals surface area contributed by atoms with Gasteiger partial charge >= 0.3 is 5.97 Å². The van der Waals surface area contributed by atoms with Crippen molar-refractivity contribution in [2.75, 3.05) is 23.9 Å². The van der Waals surface area contributed by atoms with Gasteiger partial charge in [0.05, 0.1) is 18.7 Å². The van der Waals surface area contributed by atoms with Gasteiger partial charge in [-0.05, 0) is 31.2 Å². The standard InChI is InChI=1S/C21H22N2O5/c1-14(20(25)22-16-8-4-3-5-9-16)28-21(26)15-12-19(24)23(13-15)17-10-6-7-11-18(17)27-2/h3-11,14-15H,12-13H2,1-2H3,(H,22,25)/t14-,15+/m0/s1. The Kier molecular flexibility index (Phi) is 5.93. The lowest BCUT2D eigenvalue weighted by Crippen LogP contribution is -2.33. The van der Waals surface area contributed by atoms with Crippen LogP contribution in [0.25, 0.3) is 0 Å². The molecule has 0 radical (unpaired) electrons. The first-order valence-corrected chi connectivity index (χ1v) is 8.99. The first-order chi connectivity index (χ1) is 13.5. The first kappa shape index (κ1) is 19.4. The number of rotatable bonds is 6. The van der Waals surface area contributed by atoms with Gasteiger partial charge in [-0.15, -0.1) is 0 Å². The third-order valence-electron chi connectivity index (χ3n) is 4.54. The summed E-state index contributed by atoms with van der Waals surface area (Å²) in [5.41, 5.74) is 1.23.